The molecule has 0 unspecified atom stereocenters. The number of nitrogens with two attached hydrogens (primary N) is 1. The number of ether oxygens (including phenoxy) is 1. The van der Waals surface area contributed by atoms with Gasteiger partial charge in [-0.25, -0.2) is 4.98 Å². The minimum absolute atomic E-state index is 0.495. The normalized spacial score (nSPS) is 14.2. The van der Waals surface area contributed by atoms with E-state index in [1.54, 1.807) is 6.07 Å². The molecule has 1 aliphatic heterocycles. The Bertz CT molecular complexity index is 736. The van der Waals surface area contributed by atoms with Gasteiger partial charge in [-0.2, -0.15) is 10.2 Å². The van der Waals surface area contributed by atoms with Crippen molar-refractivity contribution in [1.82, 2.24) is 9.97 Å². The Kier molecular flexibility index (Phi) is 5.21. The summed E-state index contributed by atoms with van der Waals surface area (Å²) < 4.78 is 5.41. The number of benzene rings is 1. The van der Waals surface area contributed by atoms with Crippen LogP contribution in [0.5, 0.6) is 0 Å². The van der Waals surface area contributed by atoms with Crippen molar-refractivity contribution in [3.8, 4) is 17.3 Å². The molecule has 0 spiro atoms. The fourth-order valence-corrected chi connectivity index (χ4v) is 2.59. The molecule has 7 heteroatoms. The number of hydrogen-bond donors (Lipinski definition) is 2. The Morgan fingerprint density at radius 3 is 2.79 bits per heavy atom. The number of morpholine rings is 1. The van der Waals surface area contributed by atoms with Gasteiger partial charge in [0, 0.05) is 37.8 Å². The van der Waals surface area contributed by atoms with Crippen LogP contribution in [-0.2, 0) is 4.74 Å². The second-order valence-electron chi connectivity index (χ2n) is 5.41. The van der Waals surface area contributed by atoms with Crippen LogP contribution < -0.4 is 16.0 Å². The van der Waals surface area contributed by atoms with Crippen LogP contribution in [0.3, 0.4) is 0 Å². The van der Waals surface area contributed by atoms with Crippen molar-refractivity contribution in [3.05, 3.63) is 35.9 Å². The lowest BCUT2D eigenvalue weighted by molar-refractivity contribution is 0.122. The van der Waals surface area contributed by atoms with Gasteiger partial charge in [-0.05, 0) is 6.07 Å². The van der Waals surface area contributed by atoms with Crippen LogP contribution in [0.4, 0.5) is 11.8 Å². The summed E-state index contributed by atoms with van der Waals surface area (Å²) in [6.45, 7) is 4.01. The fourth-order valence-electron chi connectivity index (χ4n) is 2.59. The quantitative estimate of drug-likeness (QED) is 0.853. The standard InChI is InChI=1S/C17H20N6O/c18-5-6-20-17-21-15(14-4-2-1-3-13(14)12-19)11-16(22-17)23-7-9-24-10-8-23/h1-4,11H,5-10,18H2,(H,20,21,22). The maximum Gasteiger partial charge on any atom is 0.225 e. The number of hydrogen-bond acceptors (Lipinski definition) is 7. The lowest BCUT2D eigenvalue weighted by Gasteiger charge is -2.28. The van der Waals surface area contributed by atoms with Crippen LogP contribution >= 0.6 is 0 Å². The van der Waals surface area contributed by atoms with E-state index in [1.165, 1.54) is 0 Å². The summed E-state index contributed by atoms with van der Waals surface area (Å²) in [7, 11) is 0. The van der Waals surface area contributed by atoms with Crippen LogP contribution in [0.1, 0.15) is 5.56 Å². The average Bonchev–Trinajstić information content (AvgIpc) is 2.66. The van der Waals surface area contributed by atoms with E-state index in [0.717, 1.165) is 30.2 Å². The zero-order valence-corrected chi connectivity index (χ0v) is 13.4. The molecule has 0 atom stereocenters. The Balaban J connectivity index is 2.02. The number of anilines is 2. The highest BCUT2D eigenvalue weighted by atomic mass is 16.5. The topological polar surface area (TPSA) is 100 Å². The van der Waals surface area contributed by atoms with Gasteiger partial charge in [0.05, 0.1) is 30.5 Å². The number of rotatable bonds is 5. The average molecular weight is 324 g/mol. The molecule has 3 N–H and O–H groups in total. The van der Waals surface area contributed by atoms with Gasteiger partial charge in [-0.1, -0.05) is 18.2 Å². The molecule has 0 radical (unpaired) electrons. The molecule has 2 heterocycles. The van der Waals surface area contributed by atoms with Crippen molar-refractivity contribution in [2.45, 2.75) is 0 Å². The van der Waals surface area contributed by atoms with Gasteiger partial charge in [-0.15, -0.1) is 0 Å². The van der Waals surface area contributed by atoms with E-state index in [4.69, 9.17) is 10.5 Å². The van der Waals surface area contributed by atoms with E-state index >= 15 is 0 Å². The van der Waals surface area contributed by atoms with E-state index < -0.39 is 0 Å². The predicted molar refractivity (Wildman–Crippen MR) is 92.8 cm³/mol. The van der Waals surface area contributed by atoms with Crippen molar-refractivity contribution in [1.29, 1.82) is 5.26 Å². The Labute approximate surface area is 141 Å². The van der Waals surface area contributed by atoms with Crippen LogP contribution in [0, 0.1) is 11.3 Å². The zero-order valence-electron chi connectivity index (χ0n) is 13.4. The number of aromatic nitrogens is 2. The highest BCUT2D eigenvalue weighted by Crippen LogP contribution is 2.26. The van der Waals surface area contributed by atoms with Crippen molar-refractivity contribution >= 4 is 11.8 Å². The Morgan fingerprint density at radius 1 is 1.25 bits per heavy atom. The van der Waals surface area contributed by atoms with Gasteiger partial charge in [0.2, 0.25) is 5.95 Å². The van der Waals surface area contributed by atoms with E-state index in [0.29, 0.717) is 37.8 Å². The predicted octanol–water partition coefficient (Wildman–Crippen LogP) is 1.22. The molecule has 2 aromatic rings. The van der Waals surface area contributed by atoms with E-state index in [-0.39, 0.29) is 0 Å². The zero-order chi connectivity index (χ0) is 16.8. The molecule has 24 heavy (non-hydrogen) atoms. The maximum absolute atomic E-state index is 9.36. The third kappa shape index (κ3) is 3.62. The monoisotopic (exact) mass is 324 g/mol. The second kappa shape index (κ2) is 7.73. The largest absolute Gasteiger partial charge is 0.378 e. The first-order chi connectivity index (χ1) is 11.8. The van der Waals surface area contributed by atoms with Gasteiger partial charge in [0.25, 0.3) is 0 Å². The summed E-state index contributed by atoms with van der Waals surface area (Å²) in [5, 5.41) is 12.5. The van der Waals surface area contributed by atoms with Crippen molar-refractivity contribution < 1.29 is 4.74 Å². The molecule has 7 nitrogen and oxygen atoms in total. The molecule has 1 fully saturated rings. The first-order valence-electron chi connectivity index (χ1n) is 7.97. The van der Waals surface area contributed by atoms with E-state index in [9.17, 15) is 5.26 Å². The molecule has 0 bridgehead atoms. The molecule has 124 valence electrons. The highest BCUT2D eigenvalue weighted by molar-refractivity contribution is 5.70. The van der Waals surface area contributed by atoms with Crippen molar-refractivity contribution in [2.24, 2.45) is 5.73 Å². The Hall–Kier alpha value is -2.69. The number of nitrogens with zero attached hydrogens (tertiary/aromatic N) is 4. The molecule has 0 amide bonds. The summed E-state index contributed by atoms with van der Waals surface area (Å²) >= 11 is 0. The SMILES string of the molecule is N#Cc1ccccc1-c1cc(N2CCOCC2)nc(NCCN)n1. The maximum atomic E-state index is 9.36. The van der Waals surface area contributed by atoms with Crippen LogP contribution in [0.2, 0.25) is 0 Å². The summed E-state index contributed by atoms with van der Waals surface area (Å²) in [4.78, 5) is 11.3. The van der Waals surface area contributed by atoms with Gasteiger partial charge < -0.3 is 20.7 Å². The van der Waals surface area contributed by atoms with Crippen LogP contribution in [0.25, 0.3) is 11.3 Å². The first-order valence-corrected chi connectivity index (χ1v) is 7.97. The van der Waals surface area contributed by atoms with E-state index in [2.05, 4.69) is 26.3 Å². The summed E-state index contributed by atoms with van der Waals surface area (Å²) in [5.74, 6) is 1.35. The molecule has 0 aliphatic carbocycles. The smallest absolute Gasteiger partial charge is 0.225 e. The summed E-state index contributed by atoms with van der Waals surface area (Å²) in [5.41, 5.74) is 7.68. The van der Waals surface area contributed by atoms with Gasteiger partial charge in [0.15, 0.2) is 0 Å². The molecule has 1 aromatic heterocycles. The summed E-state index contributed by atoms with van der Waals surface area (Å²) in [6, 6.07) is 11.6. The van der Waals surface area contributed by atoms with E-state index in [1.807, 2.05) is 24.3 Å². The van der Waals surface area contributed by atoms with Crippen LogP contribution in [0.15, 0.2) is 30.3 Å². The molecular weight excluding hydrogens is 304 g/mol. The highest BCUT2D eigenvalue weighted by Gasteiger charge is 2.16. The molecule has 1 saturated heterocycles. The van der Waals surface area contributed by atoms with Gasteiger partial charge >= 0.3 is 0 Å². The lowest BCUT2D eigenvalue weighted by atomic mass is 10.1. The molecular formula is C17H20N6O. The minimum atomic E-state index is 0.495. The molecule has 1 aliphatic rings. The Morgan fingerprint density at radius 2 is 2.04 bits per heavy atom. The molecule has 0 saturated carbocycles. The van der Waals surface area contributed by atoms with Gasteiger partial charge in [0.1, 0.15) is 5.82 Å². The fraction of sp³-hybridized carbons (Fsp3) is 0.353. The third-order valence-electron chi connectivity index (χ3n) is 3.80. The van der Waals surface area contributed by atoms with Crippen molar-refractivity contribution in [3.63, 3.8) is 0 Å². The first kappa shape index (κ1) is 16.2. The second-order valence-corrected chi connectivity index (χ2v) is 5.41. The van der Waals surface area contributed by atoms with Crippen LogP contribution in [-0.4, -0.2) is 49.4 Å². The molecule has 3 rings (SSSR count). The number of nitriles is 1. The third-order valence-corrected chi connectivity index (χ3v) is 3.80. The molecule has 1 aromatic carbocycles. The minimum Gasteiger partial charge on any atom is -0.378 e. The number of nitrogens with one attached hydrogen (secondary N) is 1. The van der Waals surface area contributed by atoms with Crippen molar-refractivity contribution in [2.75, 3.05) is 49.6 Å². The lowest BCUT2D eigenvalue weighted by Crippen LogP contribution is -2.37. The van der Waals surface area contributed by atoms with Gasteiger partial charge in [-0.3, -0.25) is 0 Å². The summed E-state index contributed by atoms with van der Waals surface area (Å²) in [6.07, 6.45) is 0.